The molecule has 0 atom stereocenters. The Morgan fingerprint density at radius 2 is 1.92 bits per heavy atom. The predicted molar refractivity (Wildman–Crippen MR) is 88.7 cm³/mol. The third-order valence-corrected chi connectivity index (χ3v) is 3.77. The Bertz CT molecular complexity index is 1040. The molecule has 0 saturated carbocycles. The SMILES string of the molecule is NC(=O)COc1ccc2cc(-c3ccc4c(c3)OCO4)c(=O)oc2c1. The van der Waals surface area contributed by atoms with Crippen LogP contribution in [0.5, 0.6) is 17.2 Å². The minimum Gasteiger partial charge on any atom is -0.484 e. The van der Waals surface area contributed by atoms with Gasteiger partial charge < -0.3 is 24.4 Å². The van der Waals surface area contributed by atoms with Gasteiger partial charge in [-0.3, -0.25) is 4.79 Å². The smallest absolute Gasteiger partial charge is 0.344 e. The maximum atomic E-state index is 12.4. The summed E-state index contributed by atoms with van der Waals surface area (Å²) < 4.78 is 21.2. The lowest BCUT2D eigenvalue weighted by molar-refractivity contribution is -0.119. The van der Waals surface area contributed by atoms with E-state index in [9.17, 15) is 9.59 Å². The Hall–Kier alpha value is -3.48. The Balaban J connectivity index is 1.73. The van der Waals surface area contributed by atoms with Gasteiger partial charge in [0, 0.05) is 11.5 Å². The van der Waals surface area contributed by atoms with Crippen molar-refractivity contribution in [2.75, 3.05) is 13.4 Å². The molecule has 0 spiro atoms. The van der Waals surface area contributed by atoms with E-state index in [-0.39, 0.29) is 13.4 Å². The maximum absolute atomic E-state index is 12.4. The first-order valence-corrected chi connectivity index (χ1v) is 7.49. The molecule has 1 aliphatic heterocycles. The van der Waals surface area contributed by atoms with Crippen molar-refractivity contribution in [2.45, 2.75) is 0 Å². The Morgan fingerprint density at radius 3 is 2.76 bits per heavy atom. The lowest BCUT2D eigenvalue weighted by atomic mass is 10.1. The summed E-state index contributed by atoms with van der Waals surface area (Å²) in [5.74, 6) is 1.04. The normalized spacial score (nSPS) is 12.3. The van der Waals surface area contributed by atoms with Crippen LogP contribution >= 0.6 is 0 Å². The van der Waals surface area contributed by atoms with Crippen LogP contribution in [0, 0.1) is 0 Å². The van der Waals surface area contributed by atoms with Crippen molar-refractivity contribution in [1.82, 2.24) is 0 Å². The molecule has 3 aromatic rings. The molecule has 25 heavy (non-hydrogen) atoms. The van der Waals surface area contributed by atoms with Crippen molar-refractivity contribution in [3.8, 4) is 28.4 Å². The zero-order valence-electron chi connectivity index (χ0n) is 13.0. The molecule has 0 radical (unpaired) electrons. The summed E-state index contributed by atoms with van der Waals surface area (Å²) in [6.45, 7) is -0.0792. The van der Waals surface area contributed by atoms with Crippen molar-refractivity contribution in [2.24, 2.45) is 5.73 Å². The number of ether oxygens (including phenoxy) is 3. The zero-order chi connectivity index (χ0) is 17.4. The van der Waals surface area contributed by atoms with Gasteiger partial charge in [0.2, 0.25) is 6.79 Å². The second-order valence-electron chi connectivity index (χ2n) is 5.47. The second kappa shape index (κ2) is 5.86. The highest BCUT2D eigenvalue weighted by Gasteiger charge is 2.16. The molecule has 0 fully saturated rings. The largest absolute Gasteiger partial charge is 0.484 e. The van der Waals surface area contributed by atoms with Gasteiger partial charge in [-0.1, -0.05) is 6.07 Å². The van der Waals surface area contributed by atoms with E-state index in [2.05, 4.69) is 0 Å². The number of primary amides is 1. The molecular formula is C18H13NO6. The topological polar surface area (TPSA) is 101 Å². The number of rotatable bonds is 4. The molecule has 7 heteroatoms. The van der Waals surface area contributed by atoms with Crippen LogP contribution in [0.1, 0.15) is 0 Å². The van der Waals surface area contributed by atoms with Crippen LogP contribution in [0.15, 0.2) is 51.7 Å². The number of hydrogen-bond donors (Lipinski definition) is 1. The fraction of sp³-hybridized carbons (Fsp3) is 0.111. The fourth-order valence-electron chi connectivity index (χ4n) is 2.60. The Labute approximate surface area is 141 Å². The van der Waals surface area contributed by atoms with Crippen molar-refractivity contribution >= 4 is 16.9 Å². The zero-order valence-corrected chi connectivity index (χ0v) is 13.0. The summed E-state index contributed by atoms with van der Waals surface area (Å²) in [7, 11) is 0. The molecule has 2 aromatic carbocycles. The highest BCUT2D eigenvalue weighted by atomic mass is 16.7. The van der Waals surface area contributed by atoms with Gasteiger partial charge in [0.05, 0.1) is 5.56 Å². The molecule has 2 N–H and O–H groups in total. The van der Waals surface area contributed by atoms with E-state index >= 15 is 0 Å². The summed E-state index contributed by atoms with van der Waals surface area (Å²) in [6.07, 6.45) is 0. The third kappa shape index (κ3) is 2.87. The molecule has 7 nitrogen and oxygen atoms in total. The average molecular weight is 339 g/mol. The Morgan fingerprint density at radius 1 is 1.08 bits per heavy atom. The maximum Gasteiger partial charge on any atom is 0.344 e. The summed E-state index contributed by atoms with van der Waals surface area (Å²) in [6, 6.07) is 12.0. The first-order chi connectivity index (χ1) is 12.1. The number of carbonyl (C=O) groups excluding carboxylic acids is 1. The number of amides is 1. The molecule has 1 aromatic heterocycles. The standard InChI is InChI=1S/C18H13NO6/c19-17(20)8-22-12-3-1-11-5-13(18(21)25-15(11)7-12)10-2-4-14-16(6-10)24-9-23-14/h1-7H,8-9H2,(H2,19,20). The van der Waals surface area contributed by atoms with E-state index in [0.717, 1.165) is 5.39 Å². The number of fused-ring (bicyclic) bond motifs is 2. The van der Waals surface area contributed by atoms with Crippen LogP contribution in [0.3, 0.4) is 0 Å². The summed E-state index contributed by atoms with van der Waals surface area (Å²) in [4.78, 5) is 23.1. The quantitative estimate of drug-likeness (QED) is 0.730. The third-order valence-electron chi connectivity index (χ3n) is 3.77. The van der Waals surface area contributed by atoms with Gasteiger partial charge in [0.25, 0.3) is 5.91 Å². The van der Waals surface area contributed by atoms with Gasteiger partial charge in [-0.25, -0.2) is 4.79 Å². The van der Waals surface area contributed by atoms with E-state index < -0.39 is 11.5 Å². The van der Waals surface area contributed by atoms with Crippen LogP contribution in [-0.2, 0) is 4.79 Å². The van der Waals surface area contributed by atoms with E-state index in [4.69, 9.17) is 24.4 Å². The van der Waals surface area contributed by atoms with Crippen molar-refractivity contribution in [1.29, 1.82) is 0 Å². The van der Waals surface area contributed by atoms with E-state index in [1.54, 1.807) is 42.5 Å². The van der Waals surface area contributed by atoms with Crippen LogP contribution in [-0.4, -0.2) is 19.3 Å². The number of benzene rings is 2. The molecule has 1 amide bonds. The minimum absolute atomic E-state index is 0.166. The molecule has 0 unspecified atom stereocenters. The van der Waals surface area contributed by atoms with Crippen molar-refractivity contribution in [3.05, 3.63) is 52.9 Å². The number of carbonyl (C=O) groups is 1. The molecule has 1 aliphatic rings. The molecule has 0 aliphatic carbocycles. The van der Waals surface area contributed by atoms with Gasteiger partial charge in [0.1, 0.15) is 11.3 Å². The highest BCUT2D eigenvalue weighted by molar-refractivity contribution is 5.83. The average Bonchev–Trinajstić information content (AvgIpc) is 3.06. The predicted octanol–water partition coefficient (Wildman–Crippen LogP) is 2.05. The number of nitrogens with two attached hydrogens (primary N) is 1. The molecule has 126 valence electrons. The van der Waals surface area contributed by atoms with Crippen molar-refractivity contribution in [3.63, 3.8) is 0 Å². The monoisotopic (exact) mass is 339 g/mol. The van der Waals surface area contributed by atoms with Crippen LogP contribution in [0.25, 0.3) is 22.1 Å². The first-order valence-electron chi connectivity index (χ1n) is 7.49. The number of hydrogen-bond acceptors (Lipinski definition) is 6. The summed E-state index contributed by atoms with van der Waals surface area (Å²) in [5, 5.41) is 0.721. The lowest BCUT2D eigenvalue weighted by Crippen LogP contribution is -2.19. The molecule has 4 rings (SSSR count). The minimum atomic E-state index is -0.584. The first kappa shape index (κ1) is 15.1. The Kier molecular flexibility index (Phi) is 3.53. The van der Waals surface area contributed by atoms with Gasteiger partial charge in [-0.05, 0) is 35.9 Å². The van der Waals surface area contributed by atoms with Gasteiger partial charge in [-0.2, -0.15) is 0 Å². The van der Waals surface area contributed by atoms with E-state index in [1.807, 2.05) is 0 Å². The highest BCUT2D eigenvalue weighted by Crippen LogP contribution is 2.35. The van der Waals surface area contributed by atoms with Crippen LogP contribution in [0.4, 0.5) is 0 Å². The molecule has 0 bridgehead atoms. The van der Waals surface area contributed by atoms with Crippen LogP contribution in [0.2, 0.25) is 0 Å². The molecular weight excluding hydrogens is 326 g/mol. The molecule has 2 heterocycles. The summed E-state index contributed by atoms with van der Waals surface area (Å²) in [5.41, 5.74) is 6.00. The summed E-state index contributed by atoms with van der Waals surface area (Å²) >= 11 is 0. The lowest BCUT2D eigenvalue weighted by Gasteiger charge is -2.06. The molecule has 0 saturated heterocycles. The fourth-order valence-corrected chi connectivity index (χ4v) is 2.60. The second-order valence-corrected chi connectivity index (χ2v) is 5.47. The van der Waals surface area contributed by atoms with E-state index in [0.29, 0.717) is 34.0 Å². The van der Waals surface area contributed by atoms with Gasteiger partial charge in [-0.15, -0.1) is 0 Å². The van der Waals surface area contributed by atoms with Crippen molar-refractivity contribution < 1.29 is 23.4 Å². The van der Waals surface area contributed by atoms with Gasteiger partial charge >= 0.3 is 5.63 Å². The van der Waals surface area contributed by atoms with Gasteiger partial charge in [0.15, 0.2) is 18.1 Å². The van der Waals surface area contributed by atoms with Crippen LogP contribution < -0.4 is 25.6 Å². The van der Waals surface area contributed by atoms with E-state index in [1.165, 1.54) is 0 Å².